The number of Topliss-reactive ketones (excluding diaryl/α,β-unsaturated/α-hetero) is 1. The van der Waals surface area contributed by atoms with Gasteiger partial charge in [0.1, 0.15) is 5.78 Å². The minimum Gasteiger partial charge on any atom is -0.378 e. The molecule has 96 valence electrons. The molecular formula is C13H20O3S. The average molecular weight is 256 g/mol. The second-order valence-corrected chi connectivity index (χ2v) is 6.64. The number of carbonyl (C=O) groups excluding carboxylic acids is 1. The fraction of sp³-hybridized carbons (Fsp3) is 0.923. The first-order valence-corrected chi connectivity index (χ1v) is 7.78. The van der Waals surface area contributed by atoms with Crippen LogP contribution in [-0.2, 0) is 14.3 Å². The van der Waals surface area contributed by atoms with E-state index in [9.17, 15) is 4.79 Å². The fourth-order valence-electron chi connectivity index (χ4n) is 3.23. The summed E-state index contributed by atoms with van der Waals surface area (Å²) in [7, 11) is 0. The van der Waals surface area contributed by atoms with Crippen molar-refractivity contribution in [3.63, 3.8) is 0 Å². The molecule has 0 aliphatic carbocycles. The van der Waals surface area contributed by atoms with Crippen LogP contribution in [0.1, 0.15) is 25.7 Å². The molecular weight excluding hydrogens is 236 g/mol. The molecule has 3 heterocycles. The molecule has 3 unspecified atom stereocenters. The van der Waals surface area contributed by atoms with Crippen molar-refractivity contribution in [1.82, 2.24) is 0 Å². The van der Waals surface area contributed by atoms with E-state index in [0.717, 1.165) is 50.4 Å². The monoisotopic (exact) mass is 256 g/mol. The predicted octanol–water partition coefficient (Wildman–Crippen LogP) is 1.89. The number of thioether (sulfide) groups is 1. The van der Waals surface area contributed by atoms with Crippen LogP contribution in [0.4, 0.5) is 0 Å². The standard InChI is InChI=1S/C13H20O3S/c14-12(11-2-6-17-8-11)10-1-4-16-13(7-10)3-5-15-9-13/h10-11H,1-9H2. The van der Waals surface area contributed by atoms with Gasteiger partial charge in [0.15, 0.2) is 0 Å². The summed E-state index contributed by atoms with van der Waals surface area (Å²) in [6.45, 7) is 2.22. The summed E-state index contributed by atoms with van der Waals surface area (Å²) in [5.41, 5.74) is -0.121. The quantitative estimate of drug-likeness (QED) is 0.756. The van der Waals surface area contributed by atoms with Crippen LogP contribution in [0, 0.1) is 11.8 Å². The SMILES string of the molecule is O=C(C1CCSC1)C1CCOC2(CCOC2)C1. The molecule has 3 aliphatic rings. The Morgan fingerprint density at radius 3 is 2.88 bits per heavy atom. The molecule has 0 aromatic heterocycles. The second kappa shape index (κ2) is 4.90. The number of hydrogen-bond acceptors (Lipinski definition) is 4. The van der Waals surface area contributed by atoms with Gasteiger partial charge < -0.3 is 9.47 Å². The Hall–Kier alpha value is -0.0600. The van der Waals surface area contributed by atoms with E-state index in [2.05, 4.69) is 0 Å². The Balaban J connectivity index is 1.64. The highest BCUT2D eigenvalue weighted by Gasteiger charge is 2.44. The van der Waals surface area contributed by atoms with Crippen LogP contribution in [-0.4, -0.2) is 42.7 Å². The fourth-order valence-corrected chi connectivity index (χ4v) is 4.46. The molecule has 0 radical (unpaired) electrons. The Labute approximate surface area is 107 Å². The third-order valence-electron chi connectivity index (χ3n) is 4.29. The van der Waals surface area contributed by atoms with Crippen molar-refractivity contribution < 1.29 is 14.3 Å². The Kier molecular flexibility index (Phi) is 3.46. The van der Waals surface area contributed by atoms with Crippen molar-refractivity contribution in [3.05, 3.63) is 0 Å². The number of carbonyl (C=O) groups is 1. The molecule has 3 atom stereocenters. The summed E-state index contributed by atoms with van der Waals surface area (Å²) in [6, 6.07) is 0. The molecule has 0 aromatic carbocycles. The Morgan fingerprint density at radius 2 is 2.18 bits per heavy atom. The van der Waals surface area contributed by atoms with Gasteiger partial charge in [-0.3, -0.25) is 4.79 Å². The number of rotatable bonds is 2. The highest BCUT2D eigenvalue weighted by molar-refractivity contribution is 7.99. The van der Waals surface area contributed by atoms with Crippen LogP contribution >= 0.6 is 11.8 Å². The molecule has 17 heavy (non-hydrogen) atoms. The molecule has 3 rings (SSSR count). The first-order chi connectivity index (χ1) is 8.29. The van der Waals surface area contributed by atoms with Gasteiger partial charge in [0, 0.05) is 37.2 Å². The van der Waals surface area contributed by atoms with E-state index in [-0.39, 0.29) is 11.5 Å². The lowest BCUT2D eigenvalue weighted by Gasteiger charge is -2.37. The zero-order chi connectivity index (χ0) is 11.7. The molecule has 0 N–H and O–H groups in total. The van der Waals surface area contributed by atoms with E-state index in [4.69, 9.17) is 9.47 Å². The average Bonchev–Trinajstić information content (AvgIpc) is 3.00. The predicted molar refractivity (Wildman–Crippen MR) is 67.3 cm³/mol. The molecule has 3 nitrogen and oxygen atoms in total. The van der Waals surface area contributed by atoms with Crippen molar-refractivity contribution in [2.75, 3.05) is 31.3 Å². The van der Waals surface area contributed by atoms with Gasteiger partial charge in [-0.2, -0.15) is 11.8 Å². The van der Waals surface area contributed by atoms with Crippen molar-refractivity contribution in [3.8, 4) is 0 Å². The van der Waals surface area contributed by atoms with Crippen LogP contribution in [0.25, 0.3) is 0 Å². The molecule has 4 heteroatoms. The van der Waals surface area contributed by atoms with Crippen LogP contribution in [0.5, 0.6) is 0 Å². The van der Waals surface area contributed by atoms with Gasteiger partial charge in [-0.15, -0.1) is 0 Å². The minimum atomic E-state index is -0.121. The van der Waals surface area contributed by atoms with E-state index in [1.54, 1.807) is 0 Å². The Morgan fingerprint density at radius 1 is 1.24 bits per heavy atom. The molecule has 0 bridgehead atoms. The zero-order valence-electron chi connectivity index (χ0n) is 10.2. The van der Waals surface area contributed by atoms with Gasteiger partial charge in [0.2, 0.25) is 0 Å². The molecule has 3 aliphatic heterocycles. The number of ketones is 1. The van der Waals surface area contributed by atoms with Gasteiger partial charge >= 0.3 is 0 Å². The summed E-state index contributed by atoms with van der Waals surface area (Å²) in [5.74, 6) is 3.26. The van der Waals surface area contributed by atoms with E-state index in [1.165, 1.54) is 0 Å². The highest BCUT2D eigenvalue weighted by Crippen LogP contribution is 2.38. The summed E-state index contributed by atoms with van der Waals surface area (Å²) in [6.07, 6.45) is 3.87. The maximum Gasteiger partial charge on any atom is 0.140 e. The van der Waals surface area contributed by atoms with E-state index in [0.29, 0.717) is 18.3 Å². The summed E-state index contributed by atoms with van der Waals surface area (Å²) < 4.78 is 11.3. The lowest BCUT2D eigenvalue weighted by molar-refractivity contribution is -0.140. The van der Waals surface area contributed by atoms with E-state index >= 15 is 0 Å². The maximum absolute atomic E-state index is 12.4. The number of ether oxygens (including phenoxy) is 2. The van der Waals surface area contributed by atoms with Crippen LogP contribution in [0.2, 0.25) is 0 Å². The molecule has 0 aromatic rings. The molecule has 3 fully saturated rings. The normalized spacial score (nSPS) is 42.1. The van der Waals surface area contributed by atoms with Gasteiger partial charge in [-0.05, 0) is 25.0 Å². The second-order valence-electron chi connectivity index (χ2n) is 5.49. The van der Waals surface area contributed by atoms with Gasteiger partial charge in [0.25, 0.3) is 0 Å². The molecule has 3 saturated heterocycles. The van der Waals surface area contributed by atoms with E-state index < -0.39 is 0 Å². The van der Waals surface area contributed by atoms with Crippen LogP contribution < -0.4 is 0 Å². The summed E-state index contributed by atoms with van der Waals surface area (Å²) in [5, 5.41) is 0. The van der Waals surface area contributed by atoms with Gasteiger partial charge in [-0.1, -0.05) is 0 Å². The van der Waals surface area contributed by atoms with Crippen LogP contribution in [0.3, 0.4) is 0 Å². The molecule has 1 spiro atoms. The van der Waals surface area contributed by atoms with E-state index in [1.807, 2.05) is 11.8 Å². The Bertz CT molecular complexity index is 293. The third kappa shape index (κ3) is 2.40. The van der Waals surface area contributed by atoms with Crippen molar-refractivity contribution >= 4 is 17.5 Å². The van der Waals surface area contributed by atoms with Crippen molar-refractivity contribution in [2.24, 2.45) is 11.8 Å². The highest BCUT2D eigenvalue weighted by atomic mass is 32.2. The molecule has 0 saturated carbocycles. The summed E-state index contributed by atoms with van der Waals surface area (Å²) >= 11 is 1.92. The minimum absolute atomic E-state index is 0.121. The lowest BCUT2D eigenvalue weighted by Crippen LogP contribution is -2.43. The van der Waals surface area contributed by atoms with Gasteiger partial charge in [-0.25, -0.2) is 0 Å². The van der Waals surface area contributed by atoms with Crippen molar-refractivity contribution in [1.29, 1.82) is 0 Å². The lowest BCUT2D eigenvalue weighted by atomic mass is 9.79. The summed E-state index contributed by atoms with van der Waals surface area (Å²) in [4.78, 5) is 12.4. The van der Waals surface area contributed by atoms with Crippen molar-refractivity contribution in [2.45, 2.75) is 31.3 Å². The smallest absolute Gasteiger partial charge is 0.140 e. The number of hydrogen-bond donors (Lipinski definition) is 0. The van der Waals surface area contributed by atoms with Crippen LogP contribution in [0.15, 0.2) is 0 Å². The third-order valence-corrected chi connectivity index (χ3v) is 5.46. The maximum atomic E-state index is 12.4. The first kappa shape index (κ1) is 12.0. The first-order valence-electron chi connectivity index (χ1n) is 6.62. The zero-order valence-corrected chi connectivity index (χ0v) is 11.0. The topological polar surface area (TPSA) is 35.5 Å². The molecule has 0 amide bonds. The largest absolute Gasteiger partial charge is 0.378 e. The van der Waals surface area contributed by atoms with Gasteiger partial charge in [0.05, 0.1) is 12.2 Å².